The van der Waals surface area contributed by atoms with E-state index in [2.05, 4.69) is 15.3 Å². The van der Waals surface area contributed by atoms with Gasteiger partial charge in [-0.1, -0.05) is 0 Å². The molecule has 2 aromatic rings. The second kappa shape index (κ2) is 4.75. The molecule has 1 aliphatic heterocycles. The van der Waals surface area contributed by atoms with E-state index in [1.807, 2.05) is 6.07 Å². The van der Waals surface area contributed by atoms with E-state index in [1.54, 1.807) is 12.3 Å². The third-order valence-corrected chi connectivity index (χ3v) is 3.15. The Morgan fingerprint density at radius 2 is 2.26 bits per heavy atom. The Hall–Kier alpha value is -2.32. The maximum absolute atomic E-state index is 13.3. The van der Waals surface area contributed by atoms with E-state index < -0.39 is 5.82 Å². The number of halogens is 1. The van der Waals surface area contributed by atoms with Gasteiger partial charge in [0, 0.05) is 36.8 Å². The summed E-state index contributed by atoms with van der Waals surface area (Å²) in [5, 5.41) is 12.1. The molecule has 0 saturated carbocycles. The Balaban J connectivity index is 2.05. The Labute approximate surface area is 109 Å². The van der Waals surface area contributed by atoms with Crippen molar-refractivity contribution in [1.29, 1.82) is 5.26 Å². The van der Waals surface area contributed by atoms with Crippen LogP contribution in [-0.4, -0.2) is 16.5 Å². The van der Waals surface area contributed by atoms with E-state index in [9.17, 15) is 4.39 Å². The summed E-state index contributed by atoms with van der Waals surface area (Å²) in [5.41, 5.74) is 2.80. The van der Waals surface area contributed by atoms with E-state index in [1.165, 1.54) is 12.1 Å². The van der Waals surface area contributed by atoms with Gasteiger partial charge in [0.05, 0.1) is 11.3 Å². The third kappa shape index (κ3) is 2.18. The van der Waals surface area contributed by atoms with Crippen LogP contribution in [0.2, 0.25) is 0 Å². The monoisotopic (exact) mass is 254 g/mol. The number of hydrogen-bond donors (Lipinski definition) is 1. The minimum atomic E-state index is -0.520. The highest BCUT2D eigenvalue weighted by atomic mass is 19.1. The minimum Gasteiger partial charge on any atom is -0.312 e. The second-order valence-electron chi connectivity index (χ2n) is 4.40. The van der Waals surface area contributed by atoms with Crippen molar-refractivity contribution in [3.63, 3.8) is 0 Å². The molecule has 0 radical (unpaired) electrons. The molecule has 0 aliphatic carbocycles. The first-order valence-electron chi connectivity index (χ1n) is 6.03. The molecule has 0 fully saturated rings. The maximum Gasteiger partial charge on any atom is 0.159 e. The number of aromatic nitrogens is 2. The number of rotatable bonds is 1. The highest BCUT2D eigenvalue weighted by Crippen LogP contribution is 2.20. The Morgan fingerprint density at radius 3 is 3.11 bits per heavy atom. The molecule has 4 nitrogen and oxygen atoms in total. The largest absolute Gasteiger partial charge is 0.312 e. The van der Waals surface area contributed by atoms with Gasteiger partial charge in [-0.25, -0.2) is 14.4 Å². The molecule has 2 heterocycles. The first kappa shape index (κ1) is 11.8. The van der Waals surface area contributed by atoms with E-state index in [0.717, 1.165) is 30.8 Å². The van der Waals surface area contributed by atoms with Crippen LogP contribution in [0.25, 0.3) is 11.4 Å². The highest BCUT2D eigenvalue weighted by molar-refractivity contribution is 5.58. The van der Waals surface area contributed by atoms with Gasteiger partial charge in [-0.3, -0.25) is 0 Å². The lowest BCUT2D eigenvalue weighted by Gasteiger charge is -2.16. The SMILES string of the molecule is N#Cc1cc(-c2ncc3c(n2)CCNC3)ccc1F. The van der Waals surface area contributed by atoms with Gasteiger partial charge in [0.25, 0.3) is 0 Å². The fourth-order valence-electron chi connectivity index (χ4n) is 2.13. The standard InChI is InChI=1S/C14H11FN4/c15-12-2-1-9(5-10(12)6-16)14-18-8-11-7-17-4-3-13(11)19-14/h1-2,5,8,17H,3-4,7H2. The van der Waals surface area contributed by atoms with Gasteiger partial charge >= 0.3 is 0 Å². The average Bonchev–Trinajstić information content (AvgIpc) is 2.47. The zero-order valence-electron chi connectivity index (χ0n) is 10.2. The predicted molar refractivity (Wildman–Crippen MR) is 67.6 cm³/mol. The number of benzene rings is 1. The van der Waals surface area contributed by atoms with Crippen LogP contribution in [-0.2, 0) is 13.0 Å². The lowest BCUT2D eigenvalue weighted by molar-refractivity contribution is 0.623. The molecule has 0 spiro atoms. The van der Waals surface area contributed by atoms with Gasteiger partial charge in [-0.2, -0.15) is 5.26 Å². The number of nitrogens with zero attached hydrogens (tertiary/aromatic N) is 3. The van der Waals surface area contributed by atoms with Crippen molar-refractivity contribution < 1.29 is 4.39 Å². The van der Waals surface area contributed by atoms with Crippen molar-refractivity contribution >= 4 is 0 Å². The van der Waals surface area contributed by atoms with Crippen LogP contribution < -0.4 is 5.32 Å². The van der Waals surface area contributed by atoms with Gasteiger partial charge in [0.2, 0.25) is 0 Å². The van der Waals surface area contributed by atoms with Crippen LogP contribution in [0.1, 0.15) is 16.8 Å². The molecule has 0 unspecified atom stereocenters. The number of nitrogens with one attached hydrogen (secondary N) is 1. The smallest absolute Gasteiger partial charge is 0.159 e. The lowest BCUT2D eigenvalue weighted by Crippen LogP contribution is -2.24. The van der Waals surface area contributed by atoms with Crippen molar-refractivity contribution in [2.75, 3.05) is 6.54 Å². The van der Waals surface area contributed by atoms with E-state index >= 15 is 0 Å². The molecule has 3 rings (SSSR count). The maximum atomic E-state index is 13.3. The van der Waals surface area contributed by atoms with Gasteiger partial charge in [-0.15, -0.1) is 0 Å². The average molecular weight is 254 g/mol. The first-order chi connectivity index (χ1) is 9.28. The molecule has 0 bridgehead atoms. The van der Waals surface area contributed by atoms with Crippen LogP contribution in [0, 0.1) is 17.1 Å². The molecule has 0 amide bonds. The van der Waals surface area contributed by atoms with Crippen molar-refractivity contribution in [1.82, 2.24) is 15.3 Å². The summed E-state index contributed by atoms with van der Waals surface area (Å²) >= 11 is 0. The topological polar surface area (TPSA) is 61.6 Å². The zero-order chi connectivity index (χ0) is 13.2. The van der Waals surface area contributed by atoms with Crippen molar-refractivity contribution in [2.45, 2.75) is 13.0 Å². The van der Waals surface area contributed by atoms with Crippen molar-refractivity contribution in [2.24, 2.45) is 0 Å². The van der Waals surface area contributed by atoms with E-state index in [4.69, 9.17) is 5.26 Å². The molecule has 5 heteroatoms. The fraction of sp³-hybridized carbons (Fsp3) is 0.214. The van der Waals surface area contributed by atoms with Gasteiger partial charge < -0.3 is 5.32 Å². The molecular formula is C14H11FN4. The van der Waals surface area contributed by atoms with Crippen molar-refractivity contribution in [3.8, 4) is 17.5 Å². The summed E-state index contributed by atoms with van der Waals surface area (Å²) in [5.74, 6) is 0.0190. The number of nitriles is 1. The summed E-state index contributed by atoms with van der Waals surface area (Å²) < 4.78 is 13.3. The molecule has 94 valence electrons. The molecule has 0 atom stereocenters. The molecule has 19 heavy (non-hydrogen) atoms. The predicted octanol–water partition coefficient (Wildman–Crippen LogP) is 1.80. The number of fused-ring (bicyclic) bond motifs is 1. The molecule has 1 aromatic carbocycles. The Morgan fingerprint density at radius 1 is 1.37 bits per heavy atom. The summed E-state index contributed by atoms with van der Waals surface area (Å²) in [4.78, 5) is 8.79. The van der Waals surface area contributed by atoms with Crippen molar-refractivity contribution in [3.05, 3.63) is 47.0 Å². The second-order valence-corrected chi connectivity index (χ2v) is 4.40. The molecule has 0 saturated heterocycles. The Kier molecular flexibility index (Phi) is 2.94. The minimum absolute atomic E-state index is 0.0143. The van der Waals surface area contributed by atoms with Crippen LogP contribution in [0.5, 0.6) is 0 Å². The van der Waals surface area contributed by atoms with Crippen LogP contribution in [0.3, 0.4) is 0 Å². The fourth-order valence-corrected chi connectivity index (χ4v) is 2.13. The summed E-state index contributed by atoms with van der Waals surface area (Å²) in [6.45, 7) is 1.68. The summed E-state index contributed by atoms with van der Waals surface area (Å²) in [6, 6.07) is 6.18. The van der Waals surface area contributed by atoms with Crippen LogP contribution >= 0.6 is 0 Å². The molecule has 1 aliphatic rings. The highest BCUT2D eigenvalue weighted by Gasteiger charge is 2.13. The molecule has 1 N–H and O–H groups in total. The van der Waals surface area contributed by atoms with Crippen LogP contribution in [0.15, 0.2) is 24.4 Å². The molecule has 1 aromatic heterocycles. The molecular weight excluding hydrogens is 243 g/mol. The Bertz CT molecular complexity index is 676. The van der Waals surface area contributed by atoms with Gasteiger partial charge in [-0.05, 0) is 18.2 Å². The quantitative estimate of drug-likeness (QED) is 0.843. The summed E-state index contributed by atoms with van der Waals surface area (Å²) in [6.07, 6.45) is 2.65. The lowest BCUT2D eigenvalue weighted by atomic mass is 10.1. The first-order valence-corrected chi connectivity index (χ1v) is 6.03. The van der Waals surface area contributed by atoms with Gasteiger partial charge in [0.15, 0.2) is 5.82 Å². The van der Waals surface area contributed by atoms with Gasteiger partial charge in [0.1, 0.15) is 11.9 Å². The number of hydrogen-bond acceptors (Lipinski definition) is 4. The zero-order valence-corrected chi connectivity index (χ0v) is 10.2. The van der Waals surface area contributed by atoms with E-state index in [-0.39, 0.29) is 5.56 Å². The van der Waals surface area contributed by atoms with E-state index in [0.29, 0.717) is 11.4 Å². The van der Waals surface area contributed by atoms with Crippen LogP contribution in [0.4, 0.5) is 4.39 Å². The normalized spacial score (nSPS) is 13.7. The third-order valence-electron chi connectivity index (χ3n) is 3.15. The summed E-state index contributed by atoms with van der Waals surface area (Å²) in [7, 11) is 0.